The number of fused-ring (bicyclic) bond motifs is 1. The standard InChI is InChI=1S/C17H17FN2/c1-12(9-13-5-3-2-4-6-13)20-11-14-7-8-15(18)10-16(14)17(20)19/h2-8,10,12,19H,9,11H2,1H3. The van der Waals surface area contributed by atoms with E-state index in [1.807, 2.05) is 23.1 Å². The number of rotatable bonds is 3. The van der Waals surface area contributed by atoms with Crippen molar-refractivity contribution >= 4 is 5.84 Å². The van der Waals surface area contributed by atoms with Gasteiger partial charge in [0.1, 0.15) is 11.7 Å². The summed E-state index contributed by atoms with van der Waals surface area (Å²) in [5.41, 5.74) is 3.02. The Balaban J connectivity index is 1.78. The van der Waals surface area contributed by atoms with E-state index in [-0.39, 0.29) is 11.9 Å². The minimum Gasteiger partial charge on any atom is -0.349 e. The first kappa shape index (κ1) is 12.9. The molecule has 0 saturated carbocycles. The van der Waals surface area contributed by atoms with Crippen LogP contribution in [0, 0.1) is 11.2 Å². The quantitative estimate of drug-likeness (QED) is 0.904. The molecule has 3 rings (SSSR count). The molecule has 0 amide bonds. The van der Waals surface area contributed by atoms with Crippen LogP contribution in [0.1, 0.15) is 23.6 Å². The van der Waals surface area contributed by atoms with Crippen LogP contribution in [0.15, 0.2) is 48.5 Å². The maximum absolute atomic E-state index is 13.3. The van der Waals surface area contributed by atoms with Crippen LogP contribution < -0.4 is 0 Å². The summed E-state index contributed by atoms with van der Waals surface area (Å²) in [6, 6.07) is 15.2. The van der Waals surface area contributed by atoms with Crippen molar-refractivity contribution in [3.05, 3.63) is 71.0 Å². The SMILES string of the molecule is CC(Cc1ccccc1)N1Cc2ccc(F)cc2C1=N. The van der Waals surface area contributed by atoms with Crippen molar-refractivity contribution in [3.8, 4) is 0 Å². The molecule has 0 bridgehead atoms. The van der Waals surface area contributed by atoms with E-state index in [0.29, 0.717) is 12.4 Å². The van der Waals surface area contributed by atoms with Gasteiger partial charge in [-0.05, 0) is 36.6 Å². The maximum atomic E-state index is 13.3. The molecular formula is C17H17FN2. The van der Waals surface area contributed by atoms with Gasteiger partial charge < -0.3 is 4.90 Å². The molecule has 1 heterocycles. The fraction of sp³-hybridized carbons (Fsp3) is 0.235. The average molecular weight is 268 g/mol. The predicted molar refractivity (Wildman–Crippen MR) is 78.4 cm³/mol. The first-order valence-electron chi connectivity index (χ1n) is 6.83. The van der Waals surface area contributed by atoms with E-state index < -0.39 is 0 Å². The highest BCUT2D eigenvalue weighted by molar-refractivity contribution is 6.00. The number of amidine groups is 1. The number of benzene rings is 2. The molecule has 0 spiro atoms. The van der Waals surface area contributed by atoms with E-state index in [4.69, 9.17) is 5.41 Å². The van der Waals surface area contributed by atoms with Crippen molar-refractivity contribution in [2.24, 2.45) is 0 Å². The monoisotopic (exact) mass is 268 g/mol. The van der Waals surface area contributed by atoms with Gasteiger partial charge in [-0.2, -0.15) is 0 Å². The lowest BCUT2D eigenvalue weighted by atomic mass is 10.1. The molecule has 20 heavy (non-hydrogen) atoms. The summed E-state index contributed by atoms with van der Waals surface area (Å²) < 4.78 is 13.3. The van der Waals surface area contributed by atoms with Crippen molar-refractivity contribution < 1.29 is 4.39 Å². The molecule has 0 aliphatic carbocycles. The second-order valence-corrected chi connectivity index (χ2v) is 5.32. The molecule has 0 fully saturated rings. The molecule has 1 atom stereocenters. The Hall–Kier alpha value is -2.16. The summed E-state index contributed by atoms with van der Waals surface area (Å²) in [6.45, 7) is 2.81. The van der Waals surface area contributed by atoms with Crippen molar-refractivity contribution in [2.45, 2.75) is 25.9 Å². The molecule has 1 N–H and O–H groups in total. The molecule has 0 saturated heterocycles. The zero-order chi connectivity index (χ0) is 14.1. The van der Waals surface area contributed by atoms with Crippen molar-refractivity contribution in [3.63, 3.8) is 0 Å². The Morgan fingerprint density at radius 1 is 1.20 bits per heavy atom. The predicted octanol–water partition coefficient (Wildman–Crippen LogP) is 3.60. The van der Waals surface area contributed by atoms with E-state index in [0.717, 1.165) is 17.5 Å². The topological polar surface area (TPSA) is 27.1 Å². The molecule has 1 aliphatic heterocycles. The Bertz CT molecular complexity index is 637. The lowest BCUT2D eigenvalue weighted by Crippen LogP contribution is -2.34. The van der Waals surface area contributed by atoms with Gasteiger partial charge in [0.2, 0.25) is 0 Å². The van der Waals surface area contributed by atoms with Crippen molar-refractivity contribution in [1.82, 2.24) is 4.90 Å². The van der Waals surface area contributed by atoms with Crippen LogP contribution in [-0.4, -0.2) is 16.8 Å². The summed E-state index contributed by atoms with van der Waals surface area (Å²) in [4.78, 5) is 2.04. The molecule has 0 aromatic heterocycles. The zero-order valence-electron chi connectivity index (χ0n) is 11.4. The summed E-state index contributed by atoms with van der Waals surface area (Å²) in [7, 11) is 0. The first-order chi connectivity index (χ1) is 9.65. The van der Waals surface area contributed by atoms with Gasteiger partial charge in [-0.15, -0.1) is 0 Å². The second kappa shape index (κ2) is 5.08. The molecule has 1 unspecified atom stereocenters. The molecule has 3 heteroatoms. The number of halogens is 1. The summed E-state index contributed by atoms with van der Waals surface area (Å²) in [5, 5.41) is 8.24. The van der Waals surface area contributed by atoms with Gasteiger partial charge in [-0.1, -0.05) is 36.4 Å². The highest BCUT2D eigenvalue weighted by Crippen LogP contribution is 2.26. The van der Waals surface area contributed by atoms with Gasteiger partial charge in [0.15, 0.2) is 0 Å². The summed E-state index contributed by atoms with van der Waals surface area (Å²) in [6.07, 6.45) is 0.889. The Labute approximate surface area is 118 Å². The fourth-order valence-corrected chi connectivity index (χ4v) is 2.77. The third-order valence-electron chi connectivity index (χ3n) is 3.86. The van der Waals surface area contributed by atoms with E-state index in [2.05, 4.69) is 19.1 Å². The van der Waals surface area contributed by atoms with Crippen LogP contribution in [-0.2, 0) is 13.0 Å². The van der Waals surface area contributed by atoms with E-state index in [9.17, 15) is 4.39 Å². The number of hydrogen-bond donors (Lipinski definition) is 1. The number of hydrogen-bond acceptors (Lipinski definition) is 1. The van der Waals surface area contributed by atoms with Crippen LogP contribution in [0.5, 0.6) is 0 Å². The van der Waals surface area contributed by atoms with E-state index in [1.54, 1.807) is 6.07 Å². The smallest absolute Gasteiger partial charge is 0.129 e. The number of nitrogens with one attached hydrogen (secondary N) is 1. The molecule has 2 nitrogen and oxygen atoms in total. The second-order valence-electron chi connectivity index (χ2n) is 5.32. The molecule has 102 valence electrons. The first-order valence-corrected chi connectivity index (χ1v) is 6.83. The largest absolute Gasteiger partial charge is 0.349 e. The minimum absolute atomic E-state index is 0.223. The Morgan fingerprint density at radius 3 is 2.70 bits per heavy atom. The molecular weight excluding hydrogens is 251 g/mol. The maximum Gasteiger partial charge on any atom is 0.129 e. The van der Waals surface area contributed by atoms with Crippen molar-refractivity contribution in [2.75, 3.05) is 0 Å². The third-order valence-corrected chi connectivity index (χ3v) is 3.86. The van der Waals surface area contributed by atoms with Gasteiger partial charge >= 0.3 is 0 Å². The fourth-order valence-electron chi connectivity index (χ4n) is 2.77. The summed E-state index contributed by atoms with van der Waals surface area (Å²) in [5.74, 6) is 0.161. The minimum atomic E-state index is -0.272. The Morgan fingerprint density at radius 2 is 1.95 bits per heavy atom. The van der Waals surface area contributed by atoms with Crippen LogP contribution in [0.25, 0.3) is 0 Å². The lowest BCUT2D eigenvalue weighted by molar-refractivity contribution is 0.332. The van der Waals surface area contributed by atoms with Crippen molar-refractivity contribution in [1.29, 1.82) is 5.41 Å². The van der Waals surface area contributed by atoms with Gasteiger partial charge in [-0.25, -0.2) is 4.39 Å². The molecule has 1 aliphatic rings. The zero-order valence-corrected chi connectivity index (χ0v) is 11.4. The average Bonchev–Trinajstić information content (AvgIpc) is 2.77. The Kier molecular flexibility index (Phi) is 3.26. The van der Waals surface area contributed by atoms with Crippen LogP contribution in [0.3, 0.4) is 0 Å². The van der Waals surface area contributed by atoms with E-state index in [1.165, 1.54) is 17.7 Å². The molecule has 2 aromatic rings. The highest BCUT2D eigenvalue weighted by atomic mass is 19.1. The van der Waals surface area contributed by atoms with Gasteiger partial charge in [0.25, 0.3) is 0 Å². The third kappa shape index (κ3) is 2.31. The summed E-state index contributed by atoms with van der Waals surface area (Å²) >= 11 is 0. The van der Waals surface area contributed by atoms with Gasteiger partial charge in [0.05, 0.1) is 0 Å². The van der Waals surface area contributed by atoms with Gasteiger partial charge in [-0.3, -0.25) is 5.41 Å². The normalized spacial score (nSPS) is 15.3. The van der Waals surface area contributed by atoms with Crippen LogP contribution >= 0.6 is 0 Å². The molecule has 0 radical (unpaired) electrons. The molecule has 2 aromatic carbocycles. The van der Waals surface area contributed by atoms with Gasteiger partial charge in [0, 0.05) is 18.2 Å². The van der Waals surface area contributed by atoms with Crippen LogP contribution in [0.4, 0.5) is 4.39 Å². The number of nitrogens with zero attached hydrogens (tertiary/aromatic N) is 1. The van der Waals surface area contributed by atoms with Crippen LogP contribution in [0.2, 0.25) is 0 Å². The highest BCUT2D eigenvalue weighted by Gasteiger charge is 2.28. The van der Waals surface area contributed by atoms with E-state index >= 15 is 0 Å². The lowest BCUT2D eigenvalue weighted by Gasteiger charge is -2.26.